The van der Waals surface area contributed by atoms with Crippen LogP contribution in [0.15, 0.2) is 0 Å². The van der Waals surface area contributed by atoms with Crippen LogP contribution in [0.5, 0.6) is 0 Å². The SMILES string of the molecule is CC(C)OCCCCNc1snc(N)c1C(N)=O. The van der Waals surface area contributed by atoms with E-state index in [2.05, 4.69) is 9.69 Å². The molecule has 0 aliphatic rings. The predicted octanol–water partition coefficient (Wildman–Crippen LogP) is 1.44. The van der Waals surface area contributed by atoms with E-state index in [4.69, 9.17) is 16.2 Å². The van der Waals surface area contributed by atoms with Crippen molar-refractivity contribution in [3.63, 3.8) is 0 Å². The second kappa shape index (κ2) is 7.17. The number of hydrogen-bond donors (Lipinski definition) is 3. The zero-order valence-electron chi connectivity index (χ0n) is 10.7. The highest BCUT2D eigenvalue weighted by Gasteiger charge is 2.15. The average Bonchev–Trinajstić information content (AvgIpc) is 2.64. The highest BCUT2D eigenvalue weighted by atomic mass is 32.1. The number of aromatic nitrogens is 1. The minimum atomic E-state index is -0.549. The van der Waals surface area contributed by atoms with Gasteiger partial charge in [-0.3, -0.25) is 4.79 Å². The number of nitrogens with one attached hydrogen (secondary N) is 1. The van der Waals surface area contributed by atoms with E-state index in [9.17, 15) is 4.79 Å². The van der Waals surface area contributed by atoms with Gasteiger partial charge in [-0.15, -0.1) is 0 Å². The number of carbonyl (C=O) groups excluding carboxylic acids is 1. The summed E-state index contributed by atoms with van der Waals surface area (Å²) in [6.45, 7) is 5.51. The normalized spacial score (nSPS) is 10.8. The molecule has 0 bridgehead atoms. The number of rotatable bonds is 8. The number of nitrogen functional groups attached to an aromatic ring is 1. The van der Waals surface area contributed by atoms with Crippen molar-refractivity contribution in [3.8, 4) is 0 Å². The predicted molar refractivity (Wildman–Crippen MR) is 73.9 cm³/mol. The van der Waals surface area contributed by atoms with E-state index in [0.717, 1.165) is 37.5 Å². The summed E-state index contributed by atoms with van der Waals surface area (Å²) in [6, 6.07) is 0. The van der Waals surface area contributed by atoms with Crippen molar-refractivity contribution < 1.29 is 9.53 Å². The van der Waals surface area contributed by atoms with E-state index in [1.54, 1.807) is 0 Å². The summed E-state index contributed by atoms with van der Waals surface area (Å²) in [7, 11) is 0. The van der Waals surface area contributed by atoms with Crippen LogP contribution >= 0.6 is 11.5 Å². The monoisotopic (exact) mass is 272 g/mol. The van der Waals surface area contributed by atoms with E-state index in [0.29, 0.717) is 10.6 Å². The van der Waals surface area contributed by atoms with Gasteiger partial charge in [0.25, 0.3) is 5.91 Å². The molecule has 0 radical (unpaired) electrons. The Kier molecular flexibility index (Phi) is 5.87. The lowest BCUT2D eigenvalue weighted by atomic mass is 10.3. The third-order valence-corrected chi connectivity index (χ3v) is 3.09. The van der Waals surface area contributed by atoms with E-state index in [-0.39, 0.29) is 11.9 Å². The molecule has 1 heterocycles. The fourth-order valence-electron chi connectivity index (χ4n) is 1.41. The van der Waals surface area contributed by atoms with Crippen LogP contribution in [0.3, 0.4) is 0 Å². The zero-order valence-corrected chi connectivity index (χ0v) is 11.5. The third-order valence-electron chi connectivity index (χ3n) is 2.27. The van der Waals surface area contributed by atoms with E-state index < -0.39 is 5.91 Å². The van der Waals surface area contributed by atoms with Crippen LogP contribution in [0.2, 0.25) is 0 Å². The maximum atomic E-state index is 11.2. The highest BCUT2D eigenvalue weighted by Crippen LogP contribution is 2.25. The summed E-state index contributed by atoms with van der Waals surface area (Å²) in [5.41, 5.74) is 11.1. The largest absolute Gasteiger partial charge is 0.382 e. The van der Waals surface area contributed by atoms with Gasteiger partial charge in [-0.05, 0) is 38.2 Å². The first-order chi connectivity index (χ1) is 8.52. The maximum Gasteiger partial charge on any atom is 0.255 e. The van der Waals surface area contributed by atoms with Crippen LogP contribution in [0, 0.1) is 0 Å². The van der Waals surface area contributed by atoms with Crippen molar-refractivity contribution in [1.82, 2.24) is 4.37 Å². The summed E-state index contributed by atoms with van der Waals surface area (Å²) in [4.78, 5) is 11.2. The van der Waals surface area contributed by atoms with Crippen LogP contribution < -0.4 is 16.8 Å². The van der Waals surface area contributed by atoms with Crippen molar-refractivity contribution in [2.75, 3.05) is 24.2 Å². The van der Waals surface area contributed by atoms with Gasteiger partial charge in [0.15, 0.2) is 5.82 Å². The quantitative estimate of drug-likeness (QED) is 0.621. The van der Waals surface area contributed by atoms with Gasteiger partial charge in [0, 0.05) is 13.2 Å². The number of nitrogens with zero attached hydrogens (tertiary/aromatic N) is 1. The van der Waals surface area contributed by atoms with Crippen molar-refractivity contribution in [2.24, 2.45) is 5.73 Å². The number of amides is 1. The Morgan fingerprint density at radius 3 is 2.83 bits per heavy atom. The molecular weight excluding hydrogens is 252 g/mol. The van der Waals surface area contributed by atoms with Crippen LogP contribution in [0.4, 0.5) is 10.8 Å². The molecule has 1 aromatic heterocycles. The van der Waals surface area contributed by atoms with Crippen molar-refractivity contribution >= 4 is 28.3 Å². The maximum absolute atomic E-state index is 11.2. The first-order valence-corrected chi connectivity index (χ1v) is 6.70. The summed E-state index contributed by atoms with van der Waals surface area (Å²) < 4.78 is 9.34. The van der Waals surface area contributed by atoms with Crippen LogP contribution in [0.1, 0.15) is 37.0 Å². The molecule has 0 aliphatic heterocycles. The number of primary amides is 1. The average molecular weight is 272 g/mol. The molecular formula is C11H20N4O2S. The van der Waals surface area contributed by atoms with Crippen molar-refractivity contribution in [1.29, 1.82) is 0 Å². The second-order valence-electron chi connectivity index (χ2n) is 4.19. The third kappa shape index (κ3) is 4.50. The molecule has 1 rings (SSSR count). The molecule has 0 aromatic carbocycles. The number of anilines is 2. The fourth-order valence-corrected chi connectivity index (χ4v) is 2.15. The minimum Gasteiger partial charge on any atom is -0.382 e. The summed E-state index contributed by atoms with van der Waals surface area (Å²) in [5, 5.41) is 3.77. The van der Waals surface area contributed by atoms with Gasteiger partial charge in [-0.2, -0.15) is 4.37 Å². The Hall–Kier alpha value is -1.34. The van der Waals surface area contributed by atoms with E-state index >= 15 is 0 Å². The van der Waals surface area contributed by atoms with Crippen LogP contribution in [0.25, 0.3) is 0 Å². The molecule has 0 saturated carbocycles. The lowest BCUT2D eigenvalue weighted by Gasteiger charge is -2.08. The Morgan fingerprint density at radius 2 is 2.22 bits per heavy atom. The molecule has 0 saturated heterocycles. The Morgan fingerprint density at radius 1 is 1.50 bits per heavy atom. The van der Waals surface area contributed by atoms with Crippen LogP contribution in [-0.4, -0.2) is 29.5 Å². The first-order valence-electron chi connectivity index (χ1n) is 5.92. The molecule has 0 unspecified atom stereocenters. The van der Waals surface area contributed by atoms with Gasteiger partial charge in [-0.1, -0.05) is 0 Å². The highest BCUT2D eigenvalue weighted by molar-refractivity contribution is 7.11. The summed E-state index contributed by atoms with van der Waals surface area (Å²) >= 11 is 1.15. The molecule has 1 aromatic rings. The van der Waals surface area contributed by atoms with Gasteiger partial charge in [0.1, 0.15) is 10.6 Å². The number of nitrogens with two attached hydrogens (primary N) is 2. The number of unbranched alkanes of at least 4 members (excludes halogenated alkanes) is 1. The van der Waals surface area contributed by atoms with Gasteiger partial charge >= 0.3 is 0 Å². The Labute approximate surface area is 111 Å². The zero-order chi connectivity index (χ0) is 13.5. The molecule has 0 aliphatic carbocycles. The lowest BCUT2D eigenvalue weighted by molar-refractivity contribution is 0.0765. The fraction of sp³-hybridized carbons (Fsp3) is 0.636. The molecule has 6 nitrogen and oxygen atoms in total. The van der Waals surface area contributed by atoms with Gasteiger partial charge in [0.05, 0.1) is 6.10 Å². The number of carbonyl (C=O) groups is 1. The molecule has 18 heavy (non-hydrogen) atoms. The van der Waals surface area contributed by atoms with Gasteiger partial charge in [-0.25, -0.2) is 0 Å². The van der Waals surface area contributed by atoms with Crippen molar-refractivity contribution in [2.45, 2.75) is 32.8 Å². The second-order valence-corrected chi connectivity index (χ2v) is 4.96. The molecule has 5 N–H and O–H groups in total. The molecule has 0 atom stereocenters. The standard InChI is InChI=1S/C11H20N4O2S/c1-7(2)17-6-4-3-5-14-11-8(10(13)16)9(12)15-18-11/h7,14H,3-6H2,1-2H3,(H2,12,15)(H2,13,16). The smallest absolute Gasteiger partial charge is 0.255 e. The van der Waals surface area contributed by atoms with Gasteiger partial charge < -0.3 is 21.5 Å². The van der Waals surface area contributed by atoms with Gasteiger partial charge in [0.2, 0.25) is 0 Å². The Balaban J connectivity index is 2.29. The van der Waals surface area contributed by atoms with Crippen molar-refractivity contribution in [3.05, 3.63) is 5.56 Å². The molecule has 0 fully saturated rings. The van der Waals surface area contributed by atoms with E-state index in [1.165, 1.54) is 0 Å². The van der Waals surface area contributed by atoms with Crippen LogP contribution in [-0.2, 0) is 4.74 Å². The van der Waals surface area contributed by atoms with E-state index in [1.807, 2.05) is 13.8 Å². The molecule has 7 heteroatoms. The minimum absolute atomic E-state index is 0.193. The lowest BCUT2D eigenvalue weighted by Crippen LogP contribution is -2.15. The number of hydrogen-bond acceptors (Lipinski definition) is 6. The Bertz CT molecular complexity index is 392. The number of ether oxygens (including phenoxy) is 1. The topological polar surface area (TPSA) is 103 Å². The summed E-state index contributed by atoms with van der Waals surface area (Å²) in [6.07, 6.45) is 2.18. The molecule has 102 valence electrons. The first kappa shape index (κ1) is 14.7. The molecule has 1 amide bonds. The summed E-state index contributed by atoms with van der Waals surface area (Å²) in [5.74, 6) is -0.356. The molecule has 0 spiro atoms.